The minimum atomic E-state index is -0.391. The van der Waals surface area contributed by atoms with E-state index < -0.39 is 5.97 Å². The number of ether oxygens (including phenoxy) is 1. The SMILES string of the molecule is C=C(OC(=O)c1ccccc1)N(C)SI. The summed E-state index contributed by atoms with van der Waals surface area (Å²) in [6.07, 6.45) is 0. The first kappa shape index (κ1) is 12.4. The van der Waals surface area contributed by atoms with Crippen molar-refractivity contribution in [3.63, 3.8) is 0 Å². The summed E-state index contributed by atoms with van der Waals surface area (Å²) in [5, 5.41) is 0. The van der Waals surface area contributed by atoms with Crippen LogP contribution in [0.3, 0.4) is 0 Å². The Kier molecular flexibility index (Phi) is 4.97. The van der Waals surface area contributed by atoms with E-state index in [1.165, 1.54) is 9.12 Å². The molecule has 1 aromatic carbocycles. The lowest BCUT2D eigenvalue weighted by atomic mass is 10.2. The van der Waals surface area contributed by atoms with Gasteiger partial charge in [0.05, 0.1) is 5.56 Å². The Hall–Kier alpha value is -0.690. The van der Waals surface area contributed by atoms with E-state index in [-0.39, 0.29) is 0 Å². The van der Waals surface area contributed by atoms with Crippen LogP contribution in [0.4, 0.5) is 0 Å². The topological polar surface area (TPSA) is 29.5 Å². The van der Waals surface area contributed by atoms with E-state index in [4.69, 9.17) is 4.74 Å². The van der Waals surface area contributed by atoms with Crippen molar-refractivity contribution < 1.29 is 9.53 Å². The van der Waals surface area contributed by atoms with Gasteiger partial charge in [-0.1, -0.05) is 18.2 Å². The van der Waals surface area contributed by atoms with Crippen LogP contribution >= 0.6 is 30.3 Å². The van der Waals surface area contributed by atoms with Crippen LogP contribution in [0.25, 0.3) is 0 Å². The number of carbonyl (C=O) groups excluding carboxylic acids is 1. The van der Waals surface area contributed by atoms with Crippen LogP contribution < -0.4 is 0 Å². The van der Waals surface area contributed by atoms with Crippen molar-refractivity contribution in [2.24, 2.45) is 0 Å². The number of nitrogens with zero attached hydrogens (tertiary/aromatic N) is 1. The highest BCUT2D eigenvalue weighted by Crippen LogP contribution is 2.21. The Morgan fingerprint density at radius 2 is 2.07 bits per heavy atom. The highest BCUT2D eigenvalue weighted by molar-refractivity contribution is 14.2. The summed E-state index contributed by atoms with van der Waals surface area (Å²) in [4.78, 5) is 11.6. The number of hydrogen-bond acceptors (Lipinski definition) is 4. The molecule has 80 valence electrons. The molecule has 0 N–H and O–H groups in total. The van der Waals surface area contributed by atoms with Crippen molar-refractivity contribution in [2.75, 3.05) is 7.05 Å². The molecule has 0 bridgehead atoms. The quantitative estimate of drug-likeness (QED) is 0.366. The molecule has 3 nitrogen and oxygen atoms in total. The molecule has 0 saturated heterocycles. The molecule has 0 unspecified atom stereocenters. The number of hydrogen-bond donors (Lipinski definition) is 0. The third kappa shape index (κ3) is 3.75. The lowest BCUT2D eigenvalue weighted by Crippen LogP contribution is -2.13. The zero-order valence-electron chi connectivity index (χ0n) is 8.14. The van der Waals surface area contributed by atoms with Crippen molar-refractivity contribution in [1.82, 2.24) is 4.31 Å². The van der Waals surface area contributed by atoms with Gasteiger partial charge in [-0.05, 0) is 18.7 Å². The van der Waals surface area contributed by atoms with E-state index in [0.29, 0.717) is 11.4 Å². The van der Waals surface area contributed by atoms with Crippen LogP contribution in [0, 0.1) is 0 Å². The van der Waals surface area contributed by atoms with Crippen LogP contribution in [0.1, 0.15) is 10.4 Å². The van der Waals surface area contributed by atoms with Gasteiger partial charge in [-0.2, -0.15) is 0 Å². The maximum atomic E-state index is 11.6. The van der Waals surface area contributed by atoms with E-state index in [1.54, 1.807) is 35.6 Å². The summed E-state index contributed by atoms with van der Waals surface area (Å²) in [5.74, 6) is -0.0684. The molecule has 1 rings (SSSR count). The Balaban J connectivity index is 2.61. The summed E-state index contributed by atoms with van der Waals surface area (Å²) < 4.78 is 6.72. The molecule has 15 heavy (non-hydrogen) atoms. The van der Waals surface area contributed by atoms with Gasteiger partial charge in [-0.3, -0.25) is 4.31 Å². The van der Waals surface area contributed by atoms with Crippen LogP contribution in [-0.2, 0) is 4.74 Å². The van der Waals surface area contributed by atoms with E-state index in [1.807, 2.05) is 6.07 Å². The van der Waals surface area contributed by atoms with Gasteiger partial charge in [0, 0.05) is 37.4 Å². The molecule has 0 aromatic heterocycles. The molecule has 0 radical (unpaired) electrons. The fourth-order valence-corrected chi connectivity index (χ4v) is 1.62. The number of carbonyl (C=O) groups is 1. The minimum Gasteiger partial charge on any atom is -0.406 e. The lowest BCUT2D eigenvalue weighted by Gasteiger charge is -2.15. The summed E-state index contributed by atoms with van der Waals surface area (Å²) >= 11 is 2.08. The summed E-state index contributed by atoms with van der Waals surface area (Å²) in [6, 6.07) is 8.82. The average Bonchev–Trinajstić information content (AvgIpc) is 2.29. The van der Waals surface area contributed by atoms with Crippen molar-refractivity contribution >= 4 is 36.3 Å². The third-order valence-electron chi connectivity index (χ3n) is 1.67. The molecule has 0 saturated carbocycles. The second-order valence-electron chi connectivity index (χ2n) is 2.72. The molecular weight excluding hydrogens is 325 g/mol. The molecule has 0 aliphatic heterocycles. The smallest absolute Gasteiger partial charge is 0.344 e. The monoisotopic (exact) mass is 335 g/mol. The highest BCUT2D eigenvalue weighted by atomic mass is 127. The van der Waals surface area contributed by atoms with Crippen LogP contribution in [0.5, 0.6) is 0 Å². The van der Waals surface area contributed by atoms with Crippen molar-refractivity contribution in [2.45, 2.75) is 0 Å². The lowest BCUT2D eigenvalue weighted by molar-refractivity contribution is 0.0576. The first-order chi connectivity index (χ1) is 7.15. The molecule has 5 heteroatoms. The largest absolute Gasteiger partial charge is 0.406 e. The maximum Gasteiger partial charge on any atom is 0.344 e. The van der Waals surface area contributed by atoms with E-state index in [2.05, 4.69) is 27.8 Å². The number of rotatable bonds is 4. The molecular formula is C10H10INO2S. The van der Waals surface area contributed by atoms with Gasteiger partial charge in [0.15, 0.2) is 0 Å². The molecule has 0 fully saturated rings. The normalized spacial score (nSPS) is 9.47. The predicted molar refractivity (Wildman–Crippen MR) is 70.4 cm³/mol. The van der Waals surface area contributed by atoms with Crippen LogP contribution in [-0.4, -0.2) is 17.3 Å². The van der Waals surface area contributed by atoms with Gasteiger partial charge in [0.1, 0.15) is 0 Å². The molecule has 1 aromatic rings. The second kappa shape index (κ2) is 6.02. The van der Waals surface area contributed by atoms with Crippen LogP contribution in [0.2, 0.25) is 0 Å². The maximum absolute atomic E-state index is 11.6. The molecule has 0 amide bonds. The zero-order valence-corrected chi connectivity index (χ0v) is 11.1. The summed E-state index contributed by atoms with van der Waals surface area (Å²) in [5.41, 5.74) is 0.519. The number of esters is 1. The van der Waals surface area contributed by atoms with Crippen LogP contribution in [0.15, 0.2) is 42.8 Å². The van der Waals surface area contributed by atoms with Gasteiger partial charge in [-0.15, -0.1) is 0 Å². The highest BCUT2D eigenvalue weighted by Gasteiger charge is 2.10. The number of benzene rings is 1. The van der Waals surface area contributed by atoms with E-state index in [0.717, 1.165) is 0 Å². The van der Waals surface area contributed by atoms with E-state index >= 15 is 0 Å². The summed E-state index contributed by atoms with van der Waals surface area (Å²) in [7, 11) is 3.17. The third-order valence-corrected chi connectivity index (χ3v) is 3.86. The fourth-order valence-electron chi connectivity index (χ4n) is 0.843. The van der Waals surface area contributed by atoms with E-state index in [9.17, 15) is 4.79 Å². The van der Waals surface area contributed by atoms with Gasteiger partial charge in [0.25, 0.3) is 0 Å². The second-order valence-corrected chi connectivity index (χ2v) is 4.58. The minimum absolute atomic E-state index is 0.322. The fraction of sp³-hybridized carbons (Fsp3) is 0.100. The van der Waals surface area contributed by atoms with Crippen molar-refractivity contribution in [1.29, 1.82) is 0 Å². The molecule has 0 aliphatic rings. The average molecular weight is 335 g/mol. The summed E-state index contributed by atoms with van der Waals surface area (Å²) in [6.45, 7) is 3.65. The first-order valence-corrected chi connectivity index (χ1v) is 7.45. The standard InChI is InChI=1S/C10H10INO2S/c1-8(12(2)15-11)14-10(13)9-6-4-3-5-7-9/h3-7H,1H2,2H3. The van der Waals surface area contributed by atoms with Gasteiger partial charge in [0.2, 0.25) is 5.88 Å². The molecule has 0 atom stereocenters. The molecule has 0 aliphatic carbocycles. The molecule has 0 heterocycles. The van der Waals surface area contributed by atoms with Gasteiger partial charge >= 0.3 is 5.97 Å². The van der Waals surface area contributed by atoms with Gasteiger partial charge < -0.3 is 4.74 Å². The first-order valence-electron chi connectivity index (χ1n) is 4.13. The Labute approximate surface area is 105 Å². The van der Waals surface area contributed by atoms with Crippen molar-refractivity contribution in [3.8, 4) is 0 Å². The molecule has 0 spiro atoms. The Morgan fingerprint density at radius 1 is 1.47 bits per heavy atom. The van der Waals surface area contributed by atoms with Crippen molar-refractivity contribution in [3.05, 3.63) is 48.4 Å². The Morgan fingerprint density at radius 3 is 2.60 bits per heavy atom. The Bertz CT molecular complexity index is 356. The number of halogens is 1. The zero-order chi connectivity index (χ0) is 11.3. The van der Waals surface area contributed by atoms with Gasteiger partial charge in [-0.25, -0.2) is 4.79 Å². The predicted octanol–water partition coefficient (Wildman–Crippen LogP) is 3.24.